The molecule has 0 aromatic heterocycles. The van der Waals surface area contributed by atoms with E-state index in [-0.39, 0.29) is 0 Å². The van der Waals surface area contributed by atoms with Crippen LogP contribution in [0.15, 0.2) is 0 Å². The molecule has 2 saturated heterocycles. The van der Waals surface area contributed by atoms with Crippen molar-refractivity contribution in [3.8, 4) is 6.07 Å². The fraction of sp³-hybridized carbons (Fsp3) is 0.867. The zero-order valence-corrected chi connectivity index (χ0v) is 11.4. The van der Waals surface area contributed by atoms with Crippen molar-refractivity contribution in [2.24, 2.45) is 5.92 Å². The van der Waals surface area contributed by atoms with Gasteiger partial charge in [0.25, 0.3) is 0 Å². The average molecular weight is 248 g/mol. The first-order valence-corrected chi connectivity index (χ1v) is 7.34. The first-order chi connectivity index (χ1) is 8.72. The summed E-state index contributed by atoms with van der Waals surface area (Å²) < 4.78 is 0. The lowest BCUT2D eigenvalue weighted by molar-refractivity contribution is -0.126. The number of nitriles is 1. The van der Waals surface area contributed by atoms with Gasteiger partial charge in [0.2, 0.25) is 0 Å². The summed E-state index contributed by atoms with van der Waals surface area (Å²) in [5.41, 5.74) is 0. The van der Waals surface area contributed by atoms with E-state index in [1.165, 1.54) is 19.3 Å². The normalized spacial score (nSPS) is 31.9. The molecule has 2 heterocycles. The maximum absolute atomic E-state index is 12.2. The lowest BCUT2D eigenvalue weighted by Crippen LogP contribution is -2.51. The van der Waals surface area contributed by atoms with Crippen molar-refractivity contribution in [3.63, 3.8) is 0 Å². The van der Waals surface area contributed by atoms with Gasteiger partial charge in [0, 0.05) is 30.8 Å². The van der Waals surface area contributed by atoms with Crippen molar-refractivity contribution in [2.45, 2.75) is 69.9 Å². The molecule has 2 atom stereocenters. The van der Waals surface area contributed by atoms with Crippen molar-refractivity contribution >= 4 is 5.78 Å². The van der Waals surface area contributed by atoms with E-state index in [0.717, 1.165) is 25.7 Å². The molecule has 0 radical (unpaired) electrons. The summed E-state index contributed by atoms with van der Waals surface area (Å²) in [7, 11) is 2.22. The van der Waals surface area contributed by atoms with Crippen molar-refractivity contribution in [3.05, 3.63) is 0 Å². The number of Topliss-reactive ketones (excluding diaryl/α,β-unsaturated/α-hetero) is 1. The highest BCUT2D eigenvalue weighted by atomic mass is 16.1. The molecule has 2 aliphatic rings. The number of unbranched alkanes of at least 4 members (excludes halogenated alkanes) is 2. The van der Waals surface area contributed by atoms with Crippen LogP contribution in [0.4, 0.5) is 0 Å². The summed E-state index contributed by atoms with van der Waals surface area (Å²) in [5, 5.41) is 8.48. The summed E-state index contributed by atoms with van der Waals surface area (Å²) in [6, 6.07) is 3.43. The smallest absolute Gasteiger partial charge is 0.136 e. The number of hydrogen-bond donors (Lipinski definition) is 0. The molecule has 0 aromatic rings. The predicted molar refractivity (Wildman–Crippen MR) is 71.0 cm³/mol. The Labute approximate surface area is 110 Å². The topological polar surface area (TPSA) is 44.1 Å². The van der Waals surface area contributed by atoms with E-state index in [0.29, 0.717) is 36.6 Å². The second-order valence-electron chi connectivity index (χ2n) is 5.90. The summed E-state index contributed by atoms with van der Waals surface area (Å²) in [5.74, 6) is 0.761. The predicted octanol–water partition coefficient (Wildman–Crippen LogP) is 2.90. The largest absolute Gasteiger partial charge is 0.300 e. The lowest BCUT2D eigenvalue weighted by Gasteiger charge is -2.46. The first-order valence-electron chi connectivity index (χ1n) is 7.34. The molecule has 2 rings (SSSR count). The fourth-order valence-electron chi connectivity index (χ4n) is 3.59. The Morgan fingerprint density at radius 2 is 1.94 bits per heavy atom. The Morgan fingerprint density at radius 3 is 2.56 bits per heavy atom. The lowest BCUT2D eigenvalue weighted by atomic mass is 9.76. The van der Waals surface area contributed by atoms with Gasteiger partial charge in [-0.25, -0.2) is 0 Å². The molecule has 2 bridgehead atoms. The monoisotopic (exact) mass is 248 g/mol. The standard InChI is InChI=1S/C15H24N2O/c1-17-13-6-5-7-14(17)11-12(10-13)15(18)8-3-2-4-9-16/h12-14H,2-8,10-11H2,1H3. The van der Waals surface area contributed by atoms with E-state index in [1.54, 1.807) is 0 Å². The van der Waals surface area contributed by atoms with Crippen molar-refractivity contribution < 1.29 is 4.79 Å². The molecule has 2 unspecified atom stereocenters. The number of ketones is 1. The average Bonchev–Trinajstić information content (AvgIpc) is 2.34. The van der Waals surface area contributed by atoms with Gasteiger partial charge in [-0.2, -0.15) is 5.26 Å². The Balaban J connectivity index is 1.79. The number of carbonyl (C=O) groups excluding carboxylic acids is 1. The quantitative estimate of drug-likeness (QED) is 0.703. The van der Waals surface area contributed by atoms with Crippen LogP contribution in [0.3, 0.4) is 0 Å². The van der Waals surface area contributed by atoms with Crippen LogP contribution in [0.5, 0.6) is 0 Å². The van der Waals surface area contributed by atoms with E-state index in [4.69, 9.17) is 5.26 Å². The minimum Gasteiger partial charge on any atom is -0.300 e. The molecular weight excluding hydrogens is 224 g/mol. The number of nitrogens with zero attached hydrogens (tertiary/aromatic N) is 2. The molecule has 0 aromatic carbocycles. The van der Waals surface area contributed by atoms with Gasteiger partial charge >= 0.3 is 0 Å². The number of carbonyl (C=O) groups is 1. The first kappa shape index (κ1) is 13.5. The van der Waals surface area contributed by atoms with Crippen LogP contribution in [0.1, 0.15) is 57.8 Å². The summed E-state index contributed by atoms with van der Waals surface area (Å²) in [6.45, 7) is 0. The maximum atomic E-state index is 12.2. The Hall–Kier alpha value is -0.880. The van der Waals surface area contributed by atoms with E-state index in [2.05, 4.69) is 18.0 Å². The molecule has 3 nitrogen and oxygen atoms in total. The molecule has 3 heteroatoms. The molecule has 2 aliphatic heterocycles. The third-order valence-corrected chi connectivity index (χ3v) is 4.76. The Morgan fingerprint density at radius 1 is 1.28 bits per heavy atom. The van der Waals surface area contributed by atoms with Crippen LogP contribution in [0.2, 0.25) is 0 Å². The van der Waals surface area contributed by atoms with Gasteiger partial charge in [-0.3, -0.25) is 4.79 Å². The number of hydrogen-bond acceptors (Lipinski definition) is 3. The zero-order valence-electron chi connectivity index (χ0n) is 11.4. The molecule has 18 heavy (non-hydrogen) atoms. The van der Waals surface area contributed by atoms with Crippen molar-refractivity contribution in [1.29, 1.82) is 5.26 Å². The molecule has 100 valence electrons. The molecule has 0 amide bonds. The second kappa shape index (κ2) is 6.33. The number of piperidine rings is 2. The summed E-state index contributed by atoms with van der Waals surface area (Å²) in [6.07, 6.45) is 9.07. The third kappa shape index (κ3) is 3.11. The van der Waals surface area contributed by atoms with Crippen LogP contribution >= 0.6 is 0 Å². The Bertz CT molecular complexity index is 320. The van der Waals surface area contributed by atoms with Gasteiger partial charge in [-0.15, -0.1) is 0 Å². The van der Waals surface area contributed by atoms with Crippen molar-refractivity contribution in [1.82, 2.24) is 4.90 Å². The molecule has 0 N–H and O–H groups in total. The highest BCUT2D eigenvalue weighted by Gasteiger charge is 2.38. The SMILES string of the molecule is CN1C2CCCC1CC(C(=O)CCCCC#N)C2. The second-order valence-corrected chi connectivity index (χ2v) is 5.90. The minimum absolute atomic E-state index is 0.304. The molecular formula is C15H24N2O. The summed E-state index contributed by atoms with van der Waals surface area (Å²) >= 11 is 0. The van der Waals surface area contributed by atoms with Gasteiger partial charge in [0.15, 0.2) is 0 Å². The van der Waals surface area contributed by atoms with Gasteiger partial charge in [-0.1, -0.05) is 6.42 Å². The highest BCUT2D eigenvalue weighted by Crippen LogP contribution is 2.36. The van der Waals surface area contributed by atoms with E-state index in [1.807, 2.05) is 0 Å². The van der Waals surface area contributed by atoms with Gasteiger partial charge in [0.1, 0.15) is 5.78 Å². The van der Waals surface area contributed by atoms with Gasteiger partial charge < -0.3 is 4.90 Å². The molecule has 0 aliphatic carbocycles. The summed E-state index contributed by atoms with van der Waals surface area (Å²) in [4.78, 5) is 14.7. The molecule has 0 saturated carbocycles. The fourth-order valence-corrected chi connectivity index (χ4v) is 3.59. The van der Waals surface area contributed by atoms with Crippen molar-refractivity contribution in [2.75, 3.05) is 7.05 Å². The van der Waals surface area contributed by atoms with Crippen LogP contribution < -0.4 is 0 Å². The molecule has 2 fully saturated rings. The molecule has 0 spiro atoms. The van der Waals surface area contributed by atoms with E-state index < -0.39 is 0 Å². The van der Waals surface area contributed by atoms with Gasteiger partial charge in [-0.05, 0) is 45.6 Å². The van der Waals surface area contributed by atoms with Gasteiger partial charge in [0.05, 0.1) is 6.07 Å². The maximum Gasteiger partial charge on any atom is 0.136 e. The van der Waals surface area contributed by atoms with Crippen LogP contribution in [-0.2, 0) is 4.79 Å². The number of rotatable bonds is 5. The van der Waals surface area contributed by atoms with E-state index >= 15 is 0 Å². The Kier molecular flexibility index (Phi) is 4.77. The van der Waals surface area contributed by atoms with Crippen LogP contribution in [0.25, 0.3) is 0 Å². The highest BCUT2D eigenvalue weighted by molar-refractivity contribution is 5.81. The zero-order chi connectivity index (χ0) is 13.0. The minimum atomic E-state index is 0.304. The van der Waals surface area contributed by atoms with E-state index in [9.17, 15) is 4.79 Å². The van der Waals surface area contributed by atoms with Crippen LogP contribution in [-0.4, -0.2) is 29.8 Å². The third-order valence-electron chi connectivity index (χ3n) is 4.76. The number of fused-ring (bicyclic) bond motifs is 2. The van der Waals surface area contributed by atoms with Crippen LogP contribution in [0, 0.1) is 17.2 Å².